The quantitative estimate of drug-likeness (QED) is 0.371. The van der Waals surface area contributed by atoms with Crippen LogP contribution in [0.4, 0.5) is 5.69 Å². The summed E-state index contributed by atoms with van der Waals surface area (Å²) in [6.07, 6.45) is 0.265. The van der Waals surface area contributed by atoms with Crippen LogP contribution in [0.25, 0.3) is 0 Å². The molecule has 1 aromatic carbocycles. The number of aliphatic carboxylic acids is 1. The molecule has 0 spiro atoms. The van der Waals surface area contributed by atoms with Crippen molar-refractivity contribution in [3.8, 4) is 0 Å². The van der Waals surface area contributed by atoms with Gasteiger partial charge in [0, 0.05) is 6.42 Å². The second-order valence-electron chi connectivity index (χ2n) is 3.23. The molecule has 0 radical (unpaired) electrons. The van der Waals surface area contributed by atoms with Crippen LogP contribution in [0.3, 0.4) is 0 Å². The molecule has 86 valence electrons. The lowest BCUT2D eigenvalue weighted by Crippen LogP contribution is -2.33. The maximum Gasteiger partial charge on any atom is 0.320 e. The number of benzene rings is 1. The van der Waals surface area contributed by atoms with Crippen molar-refractivity contribution in [2.24, 2.45) is 5.73 Å². The monoisotopic (exact) mass is 224 g/mol. The third-order valence-corrected chi connectivity index (χ3v) is 2.10. The van der Waals surface area contributed by atoms with Gasteiger partial charge >= 0.3 is 5.97 Å². The Morgan fingerprint density at radius 3 is 2.69 bits per heavy atom. The Labute approximate surface area is 91.9 Å². The molecule has 1 rings (SSSR count). The van der Waals surface area contributed by atoms with Gasteiger partial charge in [0.05, 0.1) is 5.69 Å². The molecule has 1 amide bonds. The van der Waals surface area contributed by atoms with Gasteiger partial charge in [-0.3, -0.25) is 14.8 Å². The van der Waals surface area contributed by atoms with E-state index in [0.29, 0.717) is 10.6 Å². The number of anilines is 1. The van der Waals surface area contributed by atoms with Gasteiger partial charge in [-0.05, 0) is 11.6 Å². The van der Waals surface area contributed by atoms with E-state index in [9.17, 15) is 14.8 Å². The molecule has 6 heteroatoms. The van der Waals surface area contributed by atoms with Crippen molar-refractivity contribution in [2.75, 3.05) is 5.06 Å². The summed E-state index contributed by atoms with van der Waals surface area (Å²) in [5, 5.41) is 18.3. The van der Waals surface area contributed by atoms with Crippen molar-refractivity contribution < 1.29 is 19.9 Å². The first-order chi connectivity index (χ1) is 7.56. The topological polar surface area (TPSA) is 104 Å². The highest BCUT2D eigenvalue weighted by Crippen LogP contribution is 2.19. The summed E-state index contributed by atoms with van der Waals surface area (Å²) in [5.41, 5.74) is 6.09. The molecule has 0 fully saturated rings. The van der Waals surface area contributed by atoms with Gasteiger partial charge in [-0.25, -0.2) is 0 Å². The van der Waals surface area contributed by atoms with Crippen LogP contribution in [0.5, 0.6) is 0 Å². The maximum atomic E-state index is 10.6. The molecule has 0 aliphatic carbocycles. The Kier molecular flexibility index (Phi) is 3.98. The molecular formula is C10H12N2O4. The summed E-state index contributed by atoms with van der Waals surface area (Å²) in [6.45, 7) is 0. The van der Waals surface area contributed by atoms with Gasteiger partial charge in [-0.1, -0.05) is 18.2 Å². The number of hydrogen-bond acceptors (Lipinski definition) is 4. The van der Waals surface area contributed by atoms with E-state index in [2.05, 4.69) is 0 Å². The van der Waals surface area contributed by atoms with E-state index in [1.165, 1.54) is 6.07 Å². The van der Waals surface area contributed by atoms with Gasteiger partial charge in [0.15, 0.2) is 0 Å². The molecule has 16 heavy (non-hydrogen) atoms. The summed E-state index contributed by atoms with van der Waals surface area (Å²) in [5.74, 6) is -1.13. The normalized spacial score (nSPS) is 11.9. The van der Waals surface area contributed by atoms with Crippen LogP contribution in [0, 0.1) is 0 Å². The molecule has 0 aromatic heterocycles. The number of hydrogen-bond donors (Lipinski definition) is 3. The van der Waals surface area contributed by atoms with E-state index in [0.717, 1.165) is 0 Å². The Hall–Kier alpha value is -1.92. The summed E-state index contributed by atoms with van der Waals surface area (Å²) in [6, 6.07) is 5.33. The Morgan fingerprint density at radius 2 is 2.12 bits per heavy atom. The third-order valence-electron chi connectivity index (χ3n) is 2.10. The fraction of sp³-hybridized carbons (Fsp3) is 0.200. The Bertz CT molecular complexity index is 394. The standard InChI is InChI=1S/C10H12N2O4/c11-8(10(14)15)5-7-3-1-2-4-9(7)12(16)6-13/h1-4,6,8,16H,5,11H2,(H,14,15)/t8-/m0/s1. The van der Waals surface area contributed by atoms with Gasteiger partial charge in [-0.15, -0.1) is 0 Å². The van der Waals surface area contributed by atoms with Crippen LogP contribution >= 0.6 is 0 Å². The molecule has 0 aliphatic heterocycles. The van der Waals surface area contributed by atoms with E-state index in [1.807, 2.05) is 0 Å². The van der Waals surface area contributed by atoms with Gasteiger partial charge in [0.25, 0.3) is 0 Å². The van der Waals surface area contributed by atoms with Crippen LogP contribution in [0.15, 0.2) is 24.3 Å². The van der Waals surface area contributed by atoms with Crippen molar-refractivity contribution in [3.05, 3.63) is 29.8 Å². The molecule has 0 heterocycles. The van der Waals surface area contributed by atoms with E-state index in [1.54, 1.807) is 18.2 Å². The van der Waals surface area contributed by atoms with E-state index in [-0.39, 0.29) is 18.5 Å². The van der Waals surface area contributed by atoms with E-state index >= 15 is 0 Å². The summed E-state index contributed by atoms with van der Waals surface area (Å²) in [7, 11) is 0. The minimum absolute atomic E-state index is 0.0381. The molecule has 0 saturated carbocycles. The first kappa shape index (κ1) is 12.2. The largest absolute Gasteiger partial charge is 0.480 e. The second-order valence-corrected chi connectivity index (χ2v) is 3.23. The zero-order valence-corrected chi connectivity index (χ0v) is 8.41. The smallest absolute Gasteiger partial charge is 0.320 e. The number of nitrogens with zero attached hydrogens (tertiary/aromatic N) is 1. The minimum atomic E-state index is -1.13. The van der Waals surface area contributed by atoms with Gasteiger partial charge in [0.2, 0.25) is 6.41 Å². The van der Waals surface area contributed by atoms with Crippen molar-refractivity contribution in [1.82, 2.24) is 0 Å². The molecule has 0 unspecified atom stereocenters. The average Bonchev–Trinajstić information content (AvgIpc) is 2.28. The van der Waals surface area contributed by atoms with E-state index in [4.69, 9.17) is 10.8 Å². The minimum Gasteiger partial charge on any atom is -0.480 e. The van der Waals surface area contributed by atoms with Gasteiger partial charge < -0.3 is 10.8 Å². The van der Waals surface area contributed by atoms with Crippen molar-refractivity contribution in [2.45, 2.75) is 12.5 Å². The SMILES string of the molecule is N[C@@H](Cc1ccccc1N(O)C=O)C(=O)O. The van der Waals surface area contributed by atoms with Crippen molar-refractivity contribution in [3.63, 3.8) is 0 Å². The molecule has 1 atom stereocenters. The summed E-state index contributed by atoms with van der Waals surface area (Å²) >= 11 is 0. The molecular weight excluding hydrogens is 212 g/mol. The predicted molar refractivity (Wildman–Crippen MR) is 56.1 cm³/mol. The molecule has 0 bridgehead atoms. The first-order valence-electron chi connectivity index (χ1n) is 4.56. The third kappa shape index (κ3) is 2.78. The fourth-order valence-electron chi connectivity index (χ4n) is 1.29. The van der Waals surface area contributed by atoms with E-state index < -0.39 is 12.0 Å². The van der Waals surface area contributed by atoms with Gasteiger partial charge in [0.1, 0.15) is 6.04 Å². The molecule has 0 saturated heterocycles. The number of rotatable bonds is 5. The second kappa shape index (κ2) is 5.24. The first-order valence-corrected chi connectivity index (χ1v) is 4.56. The van der Waals surface area contributed by atoms with Crippen LogP contribution < -0.4 is 10.8 Å². The lowest BCUT2D eigenvalue weighted by molar-refractivity contribution is -0.138. The van der Waals surface area contributed by atoms with Crippen molar-refractivity contribution in [1.29, 1.82) is 0 Å². The Balaban J connectivity index is 2.95. The number of carbonyl (C=O) groups is 2. The zero-order chi connectivity index (χ0) is 12.1. The average molecular weight is 224 g/mol. The lowest BCUT2D eigenvalue weighted by atomic mass is 10.0. The van der Waals surface area contributed by atoms with Crippen LogP contribution in [0.1, 0.15) is 5.56 Å². The zero-order valence-electron chi connectivity index (χ0n) is 8.41. The summed E-state index contributed by atoms with van der Waals surface area (Å²) in [4.78, 5) is 21.0. The molecule has 0 aliphatic rings. The number of amides is 1. The number of nitrogens with two attached hydrogens (primary N) is 1. The van der Waals surface area contributed by atoms with Crippen molar-refractivity contribution >= 4 is 18.1 Å². The highest BCUT2D eigenvalue weighted by Gasteiger charge is 2.16. The highest BCUT2D eigenvalue weighted by molar-refractivity contribution is 5.76. The molecule has 6 nitrogen and oxygen atoms in total. The van der Waals surface area contributed by atoms with Crippen LogP contribution in [0.2, 0.25) is 0 Å². The maximum absolute atomic E-state index is 10.6. The lowest BCUT2D eigenvalue weighted by Gasteiger charge is -2.15. The van der Waals surface area contributed by atoms with Crippen LogP contribution in [-0.2, 0) is 16.0 Å². The summed E-state index contributed by atoms with van der Waals surface area (Å²) < 4.78 is 0. The number of carbonyl (C=O) groups excluding carboxylic acids is 1. The fourth-order valence-corrected chi connectivity index (χ4v) is 1.29. The highest BCUT2D eigenvalue weighted by atomic mass is 16.5. The Morgan fingerprint density at radius 1 is 1.50 bits per heavy atom. The van der Waals surface area contributed by atoms with Crippen LogP contribution in [-0.4, -0.2) is 28.7 Å². The number of carboxylic acids is 1. The predicted octanol–water partition coefficient (Wildman–Crippen LogP) is -0.00700. The number of hydroxylamine groups is 1. The van der Waals surface area contributed by atoms with Gasteiger partial charge in [-0.2, -0.15) is 5.06 Å². The number of carboxylic acid groups (broad SMARTS) is 1. The molecule has 1 aromatic rings. The molecule has 4 N–H and O–H groups in total. The number of para-hydroxylation sites is 1.